The maximum atomic E-state index is 13.9. The van der Waals surface area contributed by atoms with Gasteiger partial charge in [-0.25, -0.2) is 4.39 Å². The minimum absolute atomic E-state index is 0.0831. The first kappa shape index (κ1) is 17.9. The van der Waals surface area contributed by atoms with Crippen molar-refractivity contribution in [2.45, 2.75) is 20.3 Å². The molecule has 1 fully saturated rings. The fourth-order valence-electron chi connectivity index (χ4n) is 3.03. The number of nitrogens with zero attached hydrogens (tertiary/aromatic N) is 1. The molecule has 2 aromatic carbocycles. The summed E-state index contributed by atoms with van der Waals surface area (Å²) >= 11 is 0. The van der Waals surface area contributed by atoms with Crippen LogP contribution in [0.4, 0.5) is 15.8 Å². The lowest BCUT2D eigenvalue weighted by molar-refractivity contribution is -0.122. The minimum atomic E-state index is -0.544. The first-order valence-electron chi connectivity index (χ1n) is 8.58. The largest absolute Gasteiger partial charge is 0.492 e. The summed E-state index contributed by atoms with van der Waals surface area (Å²) in [6.07, 6.45) is 0.0831. The molecule has 1 saturated heterocycles. The Hall–Kier alpha value is -2.89. The zero-order valence-corrected chi connectivity index (χ0v) is 14.8. The molecule has 0 aliphatic carbocycles. The predicted octanol–water partition coefficient (Wildman–Crippen LogP) is 3.52. The van der Waals surface area contributed by atoms with E-state index >= 15 is 0 Å². The van der Waals surface area contributed by atoms with E-state index in [2.05, 4.69) is 5.32 Å². The molecule has 1 aliphatic rings. The van der Waals surface area contributed by atoms with Crippen LogP contribution in [0.3, 0.4) is 0 Å². The van der Waals surface area contributed by atoms with Gasteiger partial charge in [-0.2, -0.15) is 0 Å². The molecule has 3 rings (SSSR count). The van der Waals surface area contributed by atoms with Crippen LogP contribution in [0.25, 0.3) is 0 Å². The van der Waals surface area contributed by atoms with Crippen molar-refractivity contribution in [3.05, 3.63) is 53.8 Å². The highest BCUT2D eigenvalue weighted by atomic mass is 19.1. The van der Waals surface area contributed by atoms with Crippen LogP contribution in [-0.2, 0) is 9.59 Å². The van der Waals surface area contributed by atoms with Gasteiger partial charge in [-0.1, -0.05) is 18.2 Å². The average molecular weight is 356 g/mol. The van der Waals surface area contributed by atoms with E-state index in [-0.39, 0.29) is 30.5 Å². The number of hydrogen-bond donors (Lipinski definition) is 1. The Bertz CT molecular complexity index is 838. The number of para-hydroxylation sites is 2. The predicted molar refractivity (Wildman–Crippen MR) is 97.8 cm³/mol. The van der Waals surface area contributed by atoms with E-state index in [1.165, 1.54) is 12.1 Å². The molecule has 26 heavy (non-hydrogen) atoms. The van der Waals surface area contributed by atoms with Crippen LogP contribution in [0.5, 0.6) is 5.75 Å². The number of hydrogen-bond acceptors (Lipinski definition) is 3. The van der Waals surface area contributed by atoms with E-state index in [1.807, 2.05) is 19.1 Å². The standard InChI is InChI=1S/C20H21FN2O3/c1-3-26-18-7-5-4-6-17(18)23-12-14(11-19(23)24)20(25)22-16-9-8-13(2)10-15(16)21/h4-10,14H,3,11-12H2,1-2H3,(H,22,25). The number of benzene rings is 2. The average Bonchev–Trinajstić information content (AvgIpc) is 3.00. The second-order valence-electron chi connectivity index (χ2n) is 6.28. The summed E-state index contributed by atoms with van der Waals surface area (Å²) in [5, 5.41) is 2.59. The first-order valence-corrected chi connectivity index (χ1v) is 8.58. The number of amides is 2. The fourth-order valence-corrected chi connectivity index (χ4v) is 3.03. The van der Waals surface area contributed by atoms with Crippen molar-refractivity contribution in [1.29, 1.82) is 0 Å². The summed E-state index contributed by atoms with van der Waals surface area (Å²) in [5.41, 5.74) is 1.55. The molecule has 136 valence electrons. The molecule has 1 atom stereocenters. The number of carbonyl (C=O) groups excluding carboxylic acids is 2. The quantitative estimate of drug-likeness (QED) is 0.892. The number of anilines is 2. The number of halogens is 1. The molecule has 2 amide bonds. The lowest BCUT2D eigenvalue weighted by Crippen LogP contribution is -2.28. The Kier molecular flexibility index (Phi) is 5.21. The third kappa shape index (κ3) is 3.69. The van der Waals surface area contributed by atoms with Gasteiger partial charge >= 0.3 is 0 Å². The molecule has 0 aromatic heterocycles. The summed E-state index contributed by atoms with van der Waals surface area (Å²) in [6, 6.07) is 11.9. The van der Waals surface area contributed by atoms with Crippen molar-refractivity contribution < 1.29 is 18.7 Å². The lowest BCUT2D eigenvalue weighted by Gasteiger charge is -2.20. The Morgan fingerprint density at radius 3 is 2.81 bits per heavy atom. The Balaban J connectivity index is 1.74. The van der Waals surface area contributed by atoms with Gasteiger partial charge < -0.3 is 15.0 Å². The van der Waals surface area contributed by atoms with Gasteiger partial charge in [-0.15, -0.1) is 0 Å². The highest BCUT2D eigenvalue weighted by Gasteiger charge is 2.36. The van der Waals surface area contributed by atoms with Crippen molar-refractivity contribution >= 4 is 23.2 Å². The second-order valence-corrected chi connectivity index (χ2v) is 6.28. The van der Waals surface area contributed by atoms with Crippen molar-refractivity contribution in [2.75, 3.05) is 23.4 Å². The molecule has 1 aliphatic heterocycles. The van der Waals surface area contributed by atoms with Crippen LogP contribution in [0.2, 0.25) is 0 Å². The van der Waals surface area contributed by atoms with E-state index in [9.17, 15) is 14.0 Å². The van der Waals surface area contributed by atoms with E-state index < -0.39 is 11.7 Å². The molecule has 0 radical (unpaired) electrons. The first-order chi connectivity index (χ1) is 12.5. The molecule has 1 unspecified atom stereocenters. The van der Waals surface area contributed by atoms with Crippen LogP contribution in [0, 0.1) is 18.7 Å². The summed E-state index contributed by atoms with van der Waals surface area (Å²) in [7, 11) is 0. The monoisotopic (exact) mass is 356 g/mol. The molecule has 1 heterocycles. The second kappa shape index (κ2) is 7.56. The normalized spacial score (nSPS) is 16.7. The van der Waals surface area contributed by atoms with E-state index in [0.717, 1.165) is 5.56 Å². The molecule has 2 aromatic rings. The minimum Gasteiger partial charge on any atom is -0.492 e. The van der Waals surface area contributed by atoms with E-state index in [1.54, 1.807) is 30.0 Å². The Labute approximate surface area is 151 Å². The number of aryl methyl sites for hydroxylation is 1. The third-order valence-corrected chi connectivity index (χ3v) is 4.33. The fraction of sp³-hybridized carbons (Fsp3) is 0.300. The zero-order valence-electron chi connectivity index (χ0n) is 14.8. The molecule has 5 nitrogen and oxygen atoms in total. The van der Waals surface area contributed by atoms with Crippen LogP contribution < -0.4 is 15.0 Å². The molecule has 6 heteroatoms. The molecule has 0 bridgehead atoms. The number of nitrogens with one attached hydrogen (secondary N) is 1. The maximum Gasteiger partial charge on any atom is 0.229 e. The lowest BCUT2D eigenvalue weighted by atomic mass is 10.1. The van der Waals surface area contributed by atoms with E-state index in [4.69, 9.17) is 4.74 Å². The Morgan fingerprint density at radius 1 is 1.31 bits per heavy atom. The van der Waals surface area contributed by atoms with Gasteiger partial charge in [0.05, 0.1) is 23.9 Å². The van der Waals surface area contributed by atoms with Crippen LogP contribution in [0.1, 0.15) is 18.9 Å². The summed E-state index contributed by atoms with van der Waals surface area (Å²) in [6.45, 7) is 4.37. The highest BCUT2D eigenvalue weighted by molar-refractivity contribution is 6.04. The van der Waals surface area contributed by atoms with Gasteiger partial charge in [0.1, 0.15) is 11.6 Å². The van der Waals surface area contributed by atoms with Gasteiger partial charge in [-0.3, -0.25) is 9.59 Å². The van der Waals surface area contributed by atoms with Crippen molar-refractivity contribution in [3.63, 3.8) is 0 Å². The third-order valence-electron chi connectivity index (χ3n) is 4.33. The topological polar surface area (TPSA) is 58.6 Å². The zero-order chi connectivity index (χ0) is 18.7. The number of ether oxygens (including phenoxy) is 1. The molecule has 1 N–H and O–H groups in total. The van der Waals surface area contributed by atoms with E-state index in [0.29, 0.717) is 18.0 Å². The number of rotatable bonds is 5. The van der Waals surface area contributed by atoms with Crippen molar-refractivity contribution in [2.24, 2.45) is 5.92 Å². The SMILES string of the molecule is CCOc1ccccc1N1CC(C(=O)Nc2ccc(C)cc2F)CC1=O. The summed E-state index contributed by atoms with van der Waals surface area (Å²) in [5.74, 6) is -0.938. The van der Waals surface area contributed by atoms with Crippen LogP contribution in [0.15, 0.2) is 42.5 Å². The van der Waals surface area contributed by atoms with Crippen LogP contribution >= 0.6 is 0 Å². The maximum absolute atomic E-state index is 13.9. The summed E-state index contributed by atoms with van der Waals surface area (Å²) in [4.78, 5) is 26.5. The highest BCUT2D eigenvalue weighted by Crippen LogP contribution is 2.33. The van der Waals surface area contributed by atoms with Gasteiger partial charge in [0.2, 0.25) is 11.8 Å². The van der Waals surface area contributed by atoms with Crippen molar-refractivity contribution in [3.8, 4) is 5.75 Å². The van der Waals surface area contributed by atoms with Crippen molar-refractivity contribution in [1.82, 2.24) is 0 Å². The molecule has 0 spiro atoms. The molecule has 0 saturated carbocycles. The smallest absolute Gasteiger partial charge is 0.229 e. The van der Waals surface area contributed by atoms with Gasteiger partial charge in [0.15, 0.2) is 0 Å². The van der Waals surface area contributed by atoms with Gasteiger partial charge in [-0.05, 0) is 43.7 Å². The van der Waals surface area contributed by atoms with Gasteiger partial charge in [0.25, 0.3) is 0 Å². The Morgan fingerprint density at radius 2 is 2.08 bits per heavy atom. The molecular formula is C20H21FN2O3. The van der Waals surface area contributed by atoms with Gasteiger partial charge in [0, 0.05) is 13.0 Å². The summed E-state index contributed by atoms with van der Waals surface area (Å²) < 4.78 is 19.5. The number of carbonyl (C=O) groups is 2. The van der Waals surface area contributed by atoms with Crippen LogP contribution in [-0.4, -0.2) is 25.0 Å². The molecular weight excluding hydrogens is 335 g/mol.